The van der Waals surface area contributed by atoms with E-state index in [9.17, 15) is 0 Å². The standard InChI is InChI=1S/C10H16Cl2N4O/c1-10(2,4-5-17-3)6-13-8-7(11)15-16-9(12)14-8/h4-6H2,1-3H3,(H,13,14,16). The van der Waals surface area contributed by atoms with Gasteiger partial charge in [0.25, 0.3) is 0 Å². The van der Waals surface area contributed by atoms with Crippen LogP contribution in [-0.4, -0.2) is 35.4 Å². The van der Waals surface area contributed by atoms with Crippen molar-refractivity contribution in [1.82, 2.24) is 15.2 Å². The number of rotatable bonds is 6. The van der Waals surface area contributed by atoms with E-state index >= 15 is 0 Å². The van der Waals surface area contributed by atoms with E-state index < -0.39 is 0 Å². The SMILES string of the molecule is COCCC(C)(C)CNc1nc(Cl)nnc1Cl. The number of nitrogens with one attached hydrogen (secondary N) is 1. The Labute approximate surface area is 111 Å². The van der Waals surface area contributed by atoms with E-state index in [0.29, 0.717) is 19.0 Å². The molecule has 0 spiro atoms. The fraction of sp³-hybridized carbons (Fsp3) is 0.700. The van der Waals surface area contributed by atoms with E-state index in [1.165, 1.54) is 0 Å². The third kappa shape index (κ3) is 5.02. The second-order valence-electron chi connectivity index (χ2n) is 4.48. The molecule has 0 saturated carbocycles. The largest absolute Gasteiger partial charge is 0.385 e. The molecule has 0 aliphatic rings. The fourth-order valence-corrected chi connectivity index (χ4v) is 1.46. The molecule has 1 aromatic rings. The molecule has 0 bridgehead atoms. The molecule has 1 rings (SSSR count). The van der Waals surface area contributed by atoms with Gasteiger partial charge < -0.3 is 10.1 Å². The van der Waals surface area contributed by atoms with Crippen LogP contribution < -0.4 is 5.32 Å². The van der Waals surface area contributed by atoms with Gasteiger partial charge in [0.2, 0.25) is 5.28 Å². The quantitative estimate of drug-likeness (QED) is 0.867. The number of aromatic nitrogens is 3. The van der Waals surface area contributed by atoms with Crippen LogP contribution in [0.4, 0.5) is 5.82 Å². The summed E-state index contributed by atoms with van der Waals surface area (Å²) < 4.78 is 5.06. The van der Waals surface area contributed by atoms with E-state index in [1.54, 1.807) is 7.11 Å². The molecular formula is C10H16Cl2N4O. The van der Waals surface area contributed by atoms with Crippen molar-refractivity contribution in [2.45, 2.75) is 20.3 Å². The van der Waals surface area contributed by atoms with Crippen LogP contribution in [0, 0.1) is 5.41 Å². The summed E-state index contributed by atoms with van der Waals surface area (Å²) in [5.74, 6) is 0.456. The van der Waals surface area contributed by atoms with Gasteiger partial charge in [0.15, 0.2) is 11.0 Å². The van der Waals surface area contributed by atoms with Crippen molar-refractivity contribution >= 4 is 29.0 Å². The van der Waals surface area contributed by atoms with Crippen LogP contribution in [0.3, 0.4) is 0 Å². The van der Waals surface area contributed by atoms with Crippen LogP contribution in [0.1, 0.15) is 20.3 Å². The highest BCUT2D eigenvalue weighted by Crippen LogP contribution is 2.23. The van der Waals surface area contributed by atoms with Gasteiger partial charge in [-0.1, -0.05) is 25.4 Å². The number of ether oxygens (including phenoxy) is 1. The van der Waals surface area contributed by atoms with Gasteiger partial charge in [-0.3, -0.25) is 0 Å². The Morgan fingerprint density at radius 1 is 1.29 bits per heavy atom. The molecule has 0 aliphatic carbocycles. The molecule has 96 valence electrons. The molecule has 0 atom stereocenters. The minimum atomic E-state index is 0.0662. The summed E-state index contributed by atoms with van der Waals surface area (Å²) in [6.07, 6.45) is 0.931. The first-order valence-electron chi connectivity index (χ1n) is 5.23. The van der Waals surface area contributed by atoms with Crippen molar-refractivity contribution in [1.29, 1.82) is 0 Å². The van der Waals surface area contributed by atoms with Crippen LogP contribution in [-0.2, 0) is 4.74 Å². The number of hydrogen-bond acceptors (Lipinski definition) is 5. The topological polar surface area (TPSA) is 59.9 Å². The fourth-order valence-electron chi connectivity index (χ4n) is 1.20. The first-order valence-corrected chi connectivity index (χ1v) is 5.99. The Kier molecular flexibility index (Phi) is 5.36. The summed E-state index contributed by atoms with van der Waals surface area (Å²) in [5, 5.41) is 10.6. The van der Waals surface area contributed by atoms with Gasteiger partial charge in [-0.25, -0.2) is 0 Å². The lowest BCUT2D eigenvalue weighted by Gasteiger charge is -2.24. The minimum Gasteiger partial charge on any atom is -0.385 e. The van der Waals surface area contributed by atoms with E-state index in [1.807, 2.05) is 0 Å². The lowest BCUT2D eigenvalue weighted by Crippen LogP contribution is -2.25. The summed E-state index contributed by atoms with van der Waals surface area (Å²) in [5.41, 5.74) is 0.0662. The molecule has 5 nitrogen and oxygen atoms in total. The van der Waals surface area contributed by atoms with Gasteiger partial charge in [0.05, 0.1) is 0 Å². The predicted octanol–water partition coefficient (Wildman–Crippen LogP) is 2.65. The van der Waals surface area contributed by atoms with E-state index in [4.69, 9.17) is 27.9 Å². The lowest BCUT2D eigenvalue weighted by molar-refractivity contribution is 0.157. The van der Waals surface area contributed by atoms with E-state index in [-0.39, 0.29) is 15.9 Å². The van der Waals surface area contributed by atoms with Crippen molar-refractivity contribution in [3.05, 3.63) is 10.4 Å². The molecule has 0 saturated heterocycles. The van der Waals surface area contributed by atoms with E-state index in [2.05, 4.69) is 34.3 Å². The molecule has 1 aromatic heterocycles. The number of halogens is 2. The van der Waals surface area contributed by atoms with Crippen LogP contribution in [0.25, 0.3) is 0 Å². The van der Waals surface area contributed by atoms with Crippen molar-refractivity contribution in [3.8, 4) is 0 Å². The molecule has 1 N–H and O–H groups in total. The number of methoxy groups -OCH3 is 1. The second kappa shape index (κ2) is 6.33. The van der Waals surface area contributed by atoms with Crippen molar-refractivity contribution in [2.24, 2.45) is 5.41 Å². The molecule has 17 heavy (non-hydrogen) atoms. The van der Waals surface area contributed by atoms with Crippen molar-refractivity contribution < 1.29 is 4.74 Å². The molecule has 7 heteroatoms. The second-order valence-corrected chi connectivity index (χ2v) is 5.18. The third-order valence-corrected chi connectivity index (χ3v) is 2.75. The van der Waals surface area contributed by atoms with Gasteiger partial charge in [-0.2, -0.15) is 4.98 Å². The first kappa shape index (κ1) is 14.4. The molecule has 0 unspecified atom stereocenters. The number of nitrogens with zero attached hydrogens (tertiary/aromatic N) is 3. The highest BCUT2D eigenvalue weighted by molar-refractivity contribution is 6.32. The molecule has 0 aromatic carbocycles. The molecule has 0 aliphatic heterocycles. The predicted molar refractivity (Wildman–Crippen MR) is 68.6 cm³/mol. The zero-order chi connectivity index (χ0) is 12.9. The molecule has 0 amide bonds. The van der Waals surface area contributed by atoms with Crippen LogP contribution in [0.5, 0.6) is 0 Å². The van der Waals surface area contributed by atoms with E-state index in [0.717, 1.165) is 6.42 Å². The minimum absolute atomic E-state index is 0.0662. The summed E-state index contributed by atoms with van der Waals surface area (Å²) >= 11 is 11.5. The summed E-state index contributed by atoms with van der Waals surface area (Å²) in [7, 11) is 1.69. The van der Waals surface area contributed by atoms with Crippen molar-refractivity contribution in [2.75, 3.05) is 25.6 Å². The van der Waals surface area contributed by atoms with Gasteiger partial charge in [-0.15, -0.1) is 10.2 Å². The zero-order valence-electron chi connectivity index (χ0n) is 10.1. The highest BCUT2D eigenvalue weighted by atomic mass is 35.5. The molecular weight excluding hydrogens is 263 g/mol. The maximum atomic E-state index is 5.85. The van der Waals surface area contributed by atoms with Gasteiger partial charge in [-0.05, 0) is 23.4 Å². The zero-order valence-corrected chi connectivity index (χ0v) is 11.6. The molecule has 1 heterocycles. The maximum Gasteiger partial charge on any atom is 0.245 e. The molecule has 0 fully saturated rings. The third-order valence-electron chi connectivity index (χ3n) is 2.34. The number of hydrogen-bond donors (Lipinski definition) is 1. The van der Waals surface area contributed by atoms with Crippen molar-refractivity contribution in [3.63, 3.8) is 0 Å². The first-order chi connectivity index (χ1) is 7.94. The Morgan fingerprint density at radius 2 is 2.00 bits per heavy atom. The summed E-state index contributed by atoms with van der Waals surface area (Å²) in [4.78, 5) is 3.97. The average Bonchev–Trinajstić information content (AvgIpc) is 2.28. The maximum absolute atomic E-state index is 5.85. The summed E-state index contributed by atoms with van der Waals surface area (Å²) in [6, 6.07) is 0. The number of anilines is 1. The Bertz CT molecular complexity index is 373. The normalized spacial score (nSPS) is 11.6. The highest BCUT2D eigenvalue weighted by Gasteiger charge is 2.18. The molecule has 0 radical (unpaired) electrons. The average molecular weight is 279 g/mol. The Hall–Kier alpha value is -0.650. The van der Waals surface area contributed by atoms with Gasteiger partial charge in [0, 0.05) is 20.3 Å². The lowest BCUT2D eigenvalue weighted by atomic mass is 9.90. The smallest absolute Gasteiger partial charge is 0.245 e. The van der Waals surface area contributed by atoms with Crippen LogP contribution in [0.2, 0.25) is 10.4 Å². The Balaban J connectivity index is 2.57. The monoisotopic (exact) mass is 278 g/mol. The summed E-state index contributed by atoms with van der Waals surface area (Å²) in [6.45, 7) is 5.67. The Morgan fingerprint density at radius 3 is 2.65 bits per heavy atom. The van der Waals surface area contributed by atoms with Gasteiger partial charge >= 0.3 is 0 Å². The van der Waals surface area contributed by atoms with Crippen LogP contribution in [0.15, 0.2) is 0 Å². The van der Waals surface area contributed by atoms with Crippen LogP contribution >= 0.6 is 23.2 Å². The van der Waals surface area contributed by atoms with Gasteiger partial charge in [0.1, 0.15) is 0 Å².